The molecule has 1 saturated heterocycles. The van der Waals surface area contributed by atoms with Gasteiger partial charge in [0.15, 0.2) is 0 Å². The molecule has 19 heavy (non-hydrogen) atoms. The summed E-state index contributed by atoms with van der Waals surface area (Å²) in [7, 11) is 0. The highest BCUT2D eigenvalue weighted by Gasteiger charge is 2.19. The van der Waals surface area contributed by atoms with Crippen molar-refractivity contribution >= 4 is 23.3 Å². The Morgan fingerprint density at radius 3 is 2.63 bits per heavy atom. The average Bonchev–Trinajstić information content (AvgIpc) is 2.41. The van der Waals surface area contributed by atoms with Crippen LogP contribution < -0.4 is 15.5 Å². The van der Waals surface area contributed by atoms with Gasteiger partial charge >= 0.3 is 6.03 Å². The molecule has 0 bridgehead atoms. The van der Waals surface area contributed by atoms with Crippen LogP contribution in [0.1, 0.15) is 26.2 Å². The van der Waals surface area contributed by atoms with Crippen LogP contribution in [0.3, 0.4) is 0 Å². The Morgan fingerprint density at radius 1 is 1.26 bits per heavy atom. The number of nitrogens with one attached hydrogen (secondary N) is 2. The number of benzene rings is 1. The van der Waals surface area contributed by atoms with Gasteiger partial charge in [0.05, 0.1) is 0 Å². The minimum atomic E-state index is -0.218. The topological polar surface area (TPSA) is 61.4 Å². The average molecular weight is 261 g/mol. The maximum Gasteiger partial charge on any atom is 0.319 e. The van der Waals surface area contributed by atoms with Gasteiger partial charge in [-0.25, -0.2) is 4.79 Å². The van der Waals surface area contributed by atoms with Gasteiger partial charge in [-0.3, -0.25) is 4.79 Å². The molecule has 0 atom stereocenters. The molecule has 2 N–H and O–H groups in total. The number of hydrogen-bond donors (Lipinski definition) is 2. The second-order valence-corrected chi connectivity index (χ2v) is 4.53. The molecule has 1 aliphatic heterocycles. The minimum absolute atomic E-state index is 0.177. The van der Waals surface area contributed by atoms with Crippen LogP contribution in [0.4, 0.5) is 16.2 Å². The zero-order valence-electron chi connectivity index (χ0n) is 11.1. The van der Waals surface area contributed by atoms with E-state index in [1.165, 1.54) is 0 Å². The van der Waals surface area contributed by atoms with E-state index in [9.17, 15) is 9.59 Å². The van der Waals surface area contributed by atoms with Crippen LogP contribution in [0.15, 0.2) is 24.3 Å². The molecule has 0 aromatic heterocycles. The van der Waals surface area contributed by atoms with E-state index in [2.05, 4.69) is 10.6 Å². The Hall–Kier alpha value is -2.04. The Bertz CT molecular complexity index is 456. The van der Waals surface area contributed by atoms with E-state index in [0.29, 0.717) is 13.0 Å². The lowest BCUT2D eigenvalue weighted by Gasteiger charge is -2.26. The number of piperidine rings is 1. The maximum absolute atomic E-state index is 11.8. The Kier molecular flexibility index (Phi) is 4.39. The van der Waals surface area contributed by atoms with E-state index in [1.807, 2.05) is 31.2 Å². The number of rotatable bonds is 3. The molecule has 102 valence electrons. The van der Waals surface area contributed by atoms with Crippen molar-refractivity contribution in [2.45, 2.75) is 26.2 Å². The Labute approximate surface area is 113 Å². The summed E-state index contributed by atoms with van der Waals surface area (Å²) in [4.78, 5) is 25.0. The molecular weight excluding hydrogens is 242 g/mol. The van der Waals surface area contributed by atoms with Crippen molar-refractivity contribution in [2.75, 3.05) is 23.3 Å². The molecule has 2 rings (SSSR count). The quantitative estimate of drug-likeness (QED) is 0.877. The summed E-state index contributed by atoms with van der Waals surface area (Å²) in [5.74, 6) is 0.177. The molecule has 0 spiro atoms. The number of hydrogen-bond acceptors (Lipinski definition) is 2. The van der Waals surface area contributed by atoms with Gasteiger partial charge in [-0.1, -0.05) is 0 Å². The van der Waals surface area contributed by atoms with Gasteiger partial charge in [0.2, 0.25) is 5.91 Å². The SMILES string of the molecule is CCNC(=O)Nc1ccc(N2CCCCC2=O)cc1. The summed E-state index contributed by atoms with van der Waals surface area (Å²) < 4.78 is 0. The normalized spacial score (nSPS) is 15.2. The van der Waals surface area contributed by atoms with E-state index in [4.69, 9.17) is 0 Å². The standard InChI is InChI=1S/C14H19N3O2/c1-2-15-14(19)16-11-6-8-12(9-7-11)17-10-4-3-5-13(17)18/h6-9H,2-5,10H2,1H3,(H2,15,16,19). The zero-order valence-corrected chi connectivity index (χ0v) is 11.1. The number of carbonyl (C=O) groups is 2. The van der Waals surface area contributed by atoms with E-state index in [-0.39, 0.29) is 11.9 Å². The Balaban J connectivity index is 2.01. The maximum atomic E-state index is 11.8. The van der Waals surface area contributed by atoms with Gasteiger partial charge in [-0.2, -0.15) is 0 Å². The molecule has 1 aromatic rings. The lowest BCUT2D eigenvalue weighted by atomic mass is 10.1. The molecular formula is C14H19N3O2. The minimum Gasteiger partial charge on any atom is -0.338 e. The van der Waals surface area contributed by atoms with E-state index in [0.717, 1.165) is 30.8 Å². The van der Waals surface area contributed by atoms with E-state index >= 15 is 0 Å². The Morgan fingerprint density at radius 2 is 2.00 bits per heavy atom. The smallest absolute Gasteiger partial charge is 0.319 e. The molecule has 1 aromatic carbocycles. The lowest BCUT2D eigenvalue weighted by molar-refractivity contribution is -0.119. The van der Waals surface area contributed by atoms with Crippen molar-refractivity contribution in [3.63, 3.8) is 0 Å². The third-order valence-corrected chi connectivity index (χ3v) is 3.10. The van der Waals surface area contributed by atoms with Gasteiger partial charge in [0.1, 0.15) is 0 Å². The molecule has 0 saturated carbocycles. The lowest BCUT2D eigenvalue weighted by Crippen LogP contribution is -2.35. The van der Waals surface area contributed by atoms with Crippen LogP contribution in [0.5, 0.6) is 0 Å². The van der Waals surface area contributed by atoms with Crippen molar-refractivity contribution < 1.29 is 9.59 Å². The van der Waals surface area contributed by atoms with Crippen molar-refractivity contribution in [1.29, 1.82) is 0 Å². The van der Waals surface area contributed by atoms with Crippen molar-refractivity contribution in [2.24, 2.45) is 0 Å². The highest BCUT2D eigenvalue weighted by atomic mass is 16.2. The second kappa shape index (κ2) is 6.22. The monoisotopic (exact) mass is 261 g/mol. The van der Waals surface area contributed by atoms with Crippen LogP contribution in [0.2, 0.25) is 0 Å². The summed E-state index contributed by atoms with van der Waals surface area (Å²) in [6.45, 7) is 3.23. The predicted octanol–water partition coefficient (Wildman–Crippen LogP) is 2.34. The fraction of sp³-hybridized carbons (Fsp3) is 0.429. The number of amides is 3. The first-order valence-corrected chi connectivity index (χ1v) is 6.66. The first kappa shape index (κ1) is 13.4. The van der Waals surface area contributed by atoms with Crippen LogP contribution in [0, 0.1) is 0 Å². The van der Waals surface area contributed by atoms with E-state index in [1.54, 1.807) is 4.90 Å². The van der Waals surface area contributed by atoms with Crippen LogP contribution >= 0.6 is 0 Å². The van der Waals surface area contributed by atoms with Crippen LogP contribution in [-0.4, -0.2) is 25.0 Å². The van der Waals surface area contributed by atoms with Gasteiger partial charge < -0.3 is 15.5 Å². The first-order chi connectivity index (χ1) is 9.20. The number of nitrogens with zero attached hydrogens (tertiary/aromatic N) is 1. The third kappa shape index (κ3) is 3.47. The largest absolute Gasteiger partial charge is 0.338 e. The van der Waals surface area contributed by atoms with Gasteiger partial charge in [-0.05, 0) is 44.0 Å². The molecule has 0 unspecified atom stereocenters. The summed E-state index contributed by atoms with van der Waals surface area (Å²) in [5.41, 5.74) is 1.62. The molecule has 3 amide bonds. The van der Waals surface area contributed by atoms with Crippen molar-refractivity contribution in [1.82, 2.24) is 5.32 Å². The summed E-state index contributed by atoms with van der Waals surface area (Å²) in [6.07, 6.45) is 2.65. The molecule has 1 aliphatic rings. The predicted molar refractivity (Wildman–Crippen MR) is 75.3 cm³/mol. The zero-order chi connectivity index (χ0) is 13.7. The highest BCUT2D eigenvalue weighted by molar-refractivity contribution is 5.94. The summed E-state index contributed by atoms with van der Waals surface area (Å²) in [6, 6.07) is 7.14. The van der Waals surface area contributed by atoms with Gasteiger partial charge in [0.25, 0.3) is 0 Å². The highest BCUT2D eigenvalue weighted by Crippen LogP contribution is 2.22. The number of anilines is 2. The van der Waals surface area contributed by atoms with Gasteiger partial charge in [-0.15, -0.1) is 0 Å². The number of carbonyl (C=O) groups excluding carboxylic acids is 2. The molecule has 1 fully saturated rings. The molecule has 5 heteroatoms. The molecule has 0 radical (unpaired) electrons. The molecule has 1 heterocycles. The third-order valence-electron chi connectivity index (χ3n) is 3.10. The van der Waals surface area contributed by atoms with Gasteiger partial charge in [0, 0.05) is 30.9 Å². The first-order valence-electron chi connectivity index (χ1n) is 6.66. The molecule has 0 aliphatic carbocycles. The summed E-state index contributed by atoms with van der Waals surface area (Å²) in [5, 5.41) is 5.40. The summed E-state index contributed by atoms with van der Waals surface area (Å²) >= 11 is 0. The van der Waals surface area contributed by atoms with E-state index < -0.39 is 0 Å². The fourth-order valence-corrected chi connectivity index (χ4v) is 2.14. The fourth-order valence-electron chi connectivity index (χ4n) is 2.14. The van der Waals surface area contributed by atoms with Crippen molar-refractivity contribution in [3.05, 3.63) is 24.3 Å². The van der Waals surface area contributed by atoms with Crippen molar-refractivity contribution in [3.8, 4) is 0 Å². The van der Waals surface area contributed by atoms with Crippen LogP contribution in [-0.2, 0) is 4.79 Å². The number of urea groups is 1. The molecule has 5 nitrogen and oxygen atoms in total. The second-order valence-electron chi connectivity index (χ2n) is 4.53. The van der Waals surface area contributed by atoms with Crippen LogP contribution in [0.25, 0.3) is 0 Å².